The number of aromatic nitrogens is 2. The minimum absolute atomic E-state index is 0.0306. The molecule has 10 heteroatoms. The molecule has 156 valence electrons. The number of rotatable bonds is 5. The van der Waals surface area contributed by atoms with Gasteiger partial charge in [-0.05, 0) is 48.9 Å². The van der Waals surface area contributed by atoms with Crippen LogP contribution >= 0.6 is 0 Å². The van der Waals surface area contributed by atoms with Gasteiger partial charge in [0, 0.05) is 24.5 Å². The second kappa shape index (κ2) is 8.68. The van der Waals surface area contributed by atoms with E-state index < -0.39 is 17.8 Å². The number of halogens is 3. The largest absolute Gasteiger partial charge is 0.439 e. The first-order chi connectivity index (χ1) is 14.2. The van der Waals surface area contributed by atoms with Crippen molar-refractivity contribution in [2.24, 2.45) is 0 Å². The SMILES string of the molecule is CNc1cc(Oc2ccc(NC(=O)Nc3cccc(C(F)(F)F)c3)cc2C)ncn1. The summed E-state index contributed by atoms with van der Waals surface area (Å²) in [6, 6.07) is 10.3. The predicted octanol–water partition coefficient (Wildman–Crippen LogP) is 5.28. The van der Waals surface area contributed by atoms with E-state index in [0.717, 1.165) is 17.7 Å². The third-order valence-electron chi connectivity index (χ3n) is 3.99. The van der Waals surface area contributed by atoms with Crippen LogP contribution in [0, 0.1) is 6.92 Å². The minimum atomic E-state index is -4.49. The normalized spacial score (nSPS) is 11.0. The number of carbonyl (C=O) groups is 1. The minimum Gasteiger partial charge on any atom is -0.439 e. The molecule has 30 heavy (non-hydrogen) atoms. The Bertz CT molecular complexity index is 1060. The van der Waals surface area contributed by atoms with Crippen LogP contribution in [0.3, 0.4) is 0 Å². The van der Waals surface area contributed by atoms with E-state index in [1.54, 1.807) is 38.2 Å². The summed E-state index contributed by atoms with van der Waals surface area (Å²) in [5, 5.41) is 7.84. The topological polar surface area (TPSA) is 88.2 Å². The maximum atomic E-state index is 12.8. The van der Waals surface area contributed by atoms with Gasteiger partial charge < -0.3 is 20.7 Å². The summed E-state index contributed by atoms with van der Waals surface area (Å²) >= 11 is 0. The first kappa shape index (κ1) is 20.9. The highest BCUT2D eigenvalue weighted by Crippen LogP contribution is 2.31. The molecule has 0 bridgehead atoms. The first-order valence-electron chi connectivity index (χ1n) is 8.78. The average Bonchev–Trinajstić information content (AvgIpc) is 2.70. The molecule has 0 atom stereocenters. The lowest BCUT2D eigenvalue weighted by molar-refractivity contribution is -0.137. The number of aryl methyl sites for hydroxylation is 1. The lowest BCUT2D eigenvalue weighted by atomic mass is 10.2. The second-order valence-electron chi connectivity index (χ2n) is 6.23. The molecule has 0 spiro atoms. The maximum Gasteiger partial charge on any atom is 0.416 e. The number of ether oxygens (including phenoxy) is 1. The number of hydrogen-bond donors (Lipinski definition) is 3. The molecule has 1 aromatic heterocycles. The van der Waals surface area contributed by atoms with Crippen LogP contribution in [0.5, 0.6) is 11.6 Å². The van der Waals surface area contributed by atoms with Crippen molar-refractivity contribution >= 4 is 23.2 Å². The van der Waals surface area contributed by atoms with Crippen molar-refractivity contribution in [1.29, 1.82) is 0 Å². The Hall–Kier alpha value is -3.82. The van der Waals surface area contributed by atoms with Gasteiger partial charge in [-0.25, -0.2) is 14.8 Å². The Kier molecular flexibility index (Phi) is 6.05. The molecule has 0 aliphatic heterocycles. The van der Waals surface area contributed by atoms with Gasteiger partial charge in [0.15, 0.2) is 0 Å². The quantitative estimate of drug-likeness (QED) is 0.526. The Morgan fingerprint density at radius 1 is 1.00 bits per heavy atom. The van der Waals surface area contributed by atoms with Crippen LogP contribution in [-0.2, 0) is 6.18 Å². The zero-order valence-corrected chi connectivity index (χ0v) is 16.0. The van der Waals surface area contributed by atoms with Crippen LogP contribution in [0.2, 0.25) is 0 Å². The number of anilines is 3. The van der Waals surface area contributed by atoms with Gasteiger partial charge >= 0.3 is 12.2 Å². The lowest BCUT2D eigenvalue weighted by Crippen LogP contribution is -2.19. The fourth-order valence-corrected chi connectivity index (χ4v) is 2.55. The van der Waals surface area contributed by atoms with E-state index >= 15 is 0 Å². The predicted molar refractivity (Wildman–Crippen MR) is 107 cm³/mol. The van der Waals surface area contributed by atoms with E-state index in [1.807, 2.05) is 0 Å². The van der Waals surface area contributed by atoms with Crippen molar-refractivity contribution in [3.63, 3.8) is 0 Å². The first-order valence-corrected chi connectivity index (χ1v) is 8.78. The fourth-order valence-electron chi connectivity index (χ4n) is 2.55. The van der Waals surface area contributed by atoms with E-state index in [2.05, 4.69) is 25.9 Å². The highest BCUT2D eigenvalue weighted by Gasteiger charge is 2.30. The third kappa shape index (κ3) is 5.37. The highest BCUT2D eigenvalue weighted by molar-refractivity contribution is 5.99. The number of urea groups is 1. The van der Waals surface area contributed by atoms with E-state index in [0.29, 0.717) is 23.1 Å². The van der Waals surface area contributed by atoms with Crippen LogP contribution in [-0.4, -0.2) is 23.0 Å². The van der Waals surface area contributed by atoms with Crippen molar-refractivity contribution < 1.29 is 22.7 Å². The van der Waals surface area contributed by atoms with Gasteiger partial charge in [-0.2, -0.15) is 13.2 Å². The Morgan fingerprint density at radius 3 is 2.40 bits per heavy atom. The van der Waals surface area contributed by atoms with Crippen molar-refractivity contribution in [3.8, 4) is 11.6 Å². The van der Waals surface area contributed by atoms with Crippen molar-refractivity contribution in [3.05, 3.63) is 66.0 Å². The van der Waals surface area contributed by atoms with Gasteiger partial charge in [0.25, 0.3) is 0 Å². The molecule has 2 aromatic carbocycles. The maximum absolute atomic E-state index is 12.8. The van der Waals surface area contributed by atoms with Gasteiger partial charge in [0.1, 0.15) is 17.9 Å². The summed E-state index contributed by atoms with van der Waals surface area (Å²) in [4.78, 5) is 20.2. The molecule has 1 heterocycles. The van der Waals surface area contributed by atoms with Crippen molar-refractivity contribution in [1.82, 2.24) is 9.97 Å². The molecular weight excluding hydrogens is 399 g/mol. The monoisotopic (exact) mass is 417 g/mol. The summed E-state index contributed by atoms with van der Waals surface area (Å²) in [5.74, 6) is 1.47. The number of benzene rings is 2. The third-order valence-corrected chi connectivity index (χ3v) is 3.99. The van der Waals surface area contributed by atoms with E-state index in [4.69, 9.17) is 4.74 Å². The van der Waals surface area contributed by atoms with Crippen LogP contribution in [0.1, 0.15) is 11.1 Å². The molecule has 0 saturated heterocycles. The molecular formula is C20H18F3N5O2. The van der Waals surface area contributed by atoms with E-state index in [1.165, 1.54) is 18.5 Å². The van der Waals surface area contributed by atoms with Crippen LogP contribution in [0.15, 0.2) is 54.9 Å². The Morgan fingerprint density at radius 2 is 1.73 bits per heavy atom. The molecule has 2 amide bonds. The number of alkyl halides is 3. The van der Waals surface area contributed by atoms with E-state index in [9.17, 15) is 18.0 Å². The number of nitrogens with zero attached hydrogens (tertiary/aromatic N) is 2. The van der Waals surface area contributed by atoms with Crippen molar-refractivity contribution in [2.75, 3.05) is 23.0 Å². The molecule has 0 fully saturated rings. The number of carbonyl (C=O) groups excluding carboxylic acids is 1. The molecule has 0 radical (unpaired) electrons. The molecule has 0 unspecified atom stereocenters. The summed E-state index contributed by atoms with van der Waals surface area (Å²) < 4.78 is 44.1. The second-order valence-corrected chi connectivity index (χ2v) is 6.23. The number of hydrogen-bond acceptors (Lipinski definition) is 5. The summed E-state index contributed by atoms with van der Waals surface area (Å²) in [6.07, 6.45) is -3.12. The van der Waals surface area contributed by atoms with Gasteiger partial charge in [-0.1, -0.05) is 6.07 Å². The average molecular weight is 417 g/mol. The fraction of sp³-hybridized carbons (Fsp3) is 0.150. The molecule has 0 aliphatic carbocycles. The summed E-state index contributed by atoms with van der Waals surface area (Å²) in [6.45, 7) is 1.78. The van der Waals surface area contributed by atoms with Crippen LogP contribution in [0.4, 0.5) is 35.2 Å². The molecule has 3 aromatic rings. The molecule has 3 rings (SSSR count). The highest BCUT2D eigenvalue weighted by atomic mass is 19.4. The van der Waals surface area contributed by atoms with Gasteiger partial charge in [0.05, 0.1) is 5.56 Å². The molecule has 0 aliphatic rings. The molecule has 0 saturated carbocycles. The standard InChI is InChI=1S/C20H18F3N5O2/c1-12-8-15(6-7-16(12)30-18-10-17(24-2)25-11-26-18)28-19(29)27-14-5-3-4-13(9-14)20(21,22)23/h3-11H,1-2H3,(H,24,25,26)(H2,27,28,29). The van der Waals surface area contributed by atoms with E-state index in [-0.39, 0.29) is 5.69 Å². The van der Waals surface area contributed by atoms with Gasteiger partial charge in [-0.15, -0.1) is 0 Å². The zero-order valence-electron chi connectivity index (χ0n) is 16.0. The molecule has 3 N–H and O–H groups in total. The number of amides is 2. The lowest BCUT2D eigenvalue weighted by Gasteiger charge is -2.12. The number of nitrogens with one attached hydrogen (secondary N) is 3. The Balaban J connectivity index is 1.66. The molecule has 7 nitrogen and oxygen atoms in total. The van der Waals surface area contributed by atoms with Crippen LogP contribution in [0.25, 0.3) is 0 Å². The van der Waals surface area contributed by atoms with Gasteiger partial charge in [0.2, 0.25) is 5.88 Å². The summed E-state index contributed by atoms with van der Waals surface area (Å²) in [5.41, 5.74) is 0.353. The summed E-state index contributed by atoms with van der Waals surface area (Å²) in [7, 11) is 1.72. The smallest absolute Gasteiger partial charge is 0.416 e. The van der Waals surface area contributed by atoms with Gasteiger partial charge in [-0.3, -0.25) is 0 Å². The van der Waals surface area contributed by atoms with Crippen molar-refractivity contribution in [2.45, 2.75) is 13.1 Å². The zero-order chi connectivity index (χ0) is 21.7. The Labute approximate surface area is 170 Å². The van der Waals surface area contributed by atoms with Crippen LogP contribution < -0.4 is 20.7 Å².